The third-order valence-corrected chi connectivity index (χ3v) is 3.76. The van der Waals surface area contributed by atoms with Crippen LogP contribution < -0.4 is 14.8 Å². The first-order valence-corrected chi connectivity index (χ1v) is 7.81. The Kier molecular flexibility index (Phi) is 4.98. The predicted octanol–water partition coefficient (Wildman–Crippen LogP) is 3.77. The number of carbonyl (C=O) groups is 1. The van der Waals surface area contributed by atoms with Gasteiger partial charge in [0.15, 0.2) is 6.61 Å². The van der Waals surface area contributed by atoms with Gasteiger partial charge in [0, 0.05) is 6.07 Å². The van der Waals surface area contributed by atoms with Crippen molar-refractivity contribution in [3.8, 4) is 11.5 Å². The number of anilines is 1. The van der Waals surface area contributed by atoms with Gasteiger partial charge in [0.1, 0.15) is 11.5 Å². The Morgan fingerprint density at radius 3 is 2.58 bits per heavy atom. The predicted molar refractivity (Wildman–Crippen MR) is 97.7 cm³/mol. The van der Waals surface area contributed by atoms with Gasteiger partial charge in [-0.05, 0) is 29.0 Å². The second-order valence-corrected chi connectivity index (χ2v) is 5.49. The molecule has 3 aromatic rings. The molecule has 0 heterocycles. The van der Waals surface area contributed by atoms with Gasteiger partial charge in [0.05, 0.1) is 23.8 Å². The number of carbonyl (C=O) groups excluding carboxylic acids is 1. The molecule has 3 rings (SSSR count). The zero-order chi connectivity index (χ0) is 18.5. The molecule has 0 aromatic heterocycles. The minimum absolute atomic E-state index is 0.118. The summed E-state index contributed by atoms with van der Waals surface area (Å²) in [4.78, 5) is 22.4. The number of ether oxygens (including phenoxy) is 2. The summed E-state index contributed by atoms with van der Waals surface area (Å²) in [5.74, 6) is 0.387. The lowest BCUT2D eigenvalue weighted by molar-refractivity contribution is -0.384. The summed E-state index contributed by atoms with van der Waals surface area (Å²) in [7, 11) is 1.38. The fourth-order valence-corrected chi connectivity index (χ4v) is 2.49. The Morgan fingerprint density at radius 2 is 1.85 bits per heavy atom. The topological polar surface area (TPSA) is 90.7 Å². The first kappa shape index (κ1) is 17.2. The van der Waals surface area contributed by atoms with Crippen LogP contribution in [0.5, 0.6) is 11.5 Å². The summed E-state index contributed by atoms with van der Waals surface area (Å²) in [5.41, 5.74) is 0.220. The van der Waals surface area contributed by atoms with E-state index in [0.29, 0.717) is 11.4 Å². The molecular weight excluding hydrogens is 336 g/mol. The summed E-state index contributed by atoms with van der Waals surface area (Å²) < 4.78 is 10.6. The average molecular weight is 352 g/mol. The maximum absolute atomic E-state index is 12.1. The monoisotopic (exact) mass is 352 g/mol. The molecule has 0 spiro atoms. The Morgan fingerprint density at radius 1 is 1.08 bits per heavy atom. The first-order valence-electron chi connectivity index (χ1n) is 7.81. The number of nitro groups is 1. The summed E-state index contributed by atoms with van der Waals surface area (Å²) in [6, 6.07) is 17.4. The summed E-state index contributed by atoms with van der Waals surface area (Å²) in [6.45, 7) is -0.196. The lowest BCUT2D eigenvalue weighted by Crippen LogP contribution is -2.20. The standard InChI is InChI=1S/C19H16N2O5/c1-25-18-11-15(21(23)24)7-9-17(18)20-19(22)12-26-16-8-6-13-4-2-3-5-14(13)10-16/h2-11H,12H2,1H3,(H,20,22). The molecule has 0 radical (unpaired) electrons. The summed E-state index contributed by atoms with van der Waals surface area (Å²) in [5, 5.41) is 15.5. The molecule has 0 saturated heterocycles. The van der Waals surface area contributed by atoms with E-state index in [1.807, 2.05) is 36.4 Å². The molecule has 0 aliphatic heterocycles. The minimum Gasteiger partial charge on any atom is -0.494 e. The number of rotatable bonds is 6. The van der Waals surface area contributed by atoms with Crippen LogP contribution in [0.1, 0.15) is 0 Å². The van der Waals surface area contributed by atoms with E-state index in [4.69, 9.17) is 9.47 Å². The van der Waals surface area contributed by atoms with Crippen molar-refractivity contribution in [3.63, 3.8) is 0 Å². The molecule has 1 N–H and O–H groups in total. The minimum atomic E-state index is -0.531. The van der Waals surface area contributed by atoms with E-state index in [1.54, 1.807) is 6.07 Å². The van der Waals surface area contributed by atoms with Crippen LogP contribution in [0, 0.1) is 10.1 Å². The molecule has 1 amide bonds. The third-order valence-electron chi connectivity index (χ3n) is 3.76. The molecule has 0 aliphatic rings. The molecule has 0 fully saturated rings. The highest BCUT2D eigenvalue weighted by Gasteiger charge is 2.13. The van der Waals surface area contributed by atoms with Crippen molar-refractivity contribution in [2.24, 2.45) is 0 Å². The molecule has 7 heteroatoms. The number of methoxy groups -OCH3 is 1. The average Bonchev–Trinajstić information content (AvgIpc) is 2.66. The number of nitrogens with one attached hydrogen (secondary N) is 1. The van der Waals surface area contributed by atoms with Crippen LogP contribution in [0.3, 0.4) is 0 Å². The number of hydrogen-bond acceptors (Lipinski definition) is 5. The molecule has 26 heavy (non-hydrogen) atoms. The quantitative estimate of drug-likeness (QED) is 0.538. The van der Waals surface area contributed by atoms with Gasteiger partial charge in [-0.1, -0.05) is 30.3 Å². The molecule has 7 nitrogen and oxygen atoms in total. The lowest BCUT2D eigenvalue weighted by atomic mass is 10.1. The molecule has 0 unspecified atom stereocenters. The SMILES string of the molecule is COc1cc([N+](=O)[O-])ccc1NC(=O)COc1ccc2ccccc2c1. The van der Waals surface area contributed by atoms with E-state index in [2.05, 4.69) is 5.32 Å². The Labute approximate surface area is 149 Å². The number of amides is 1. The second kappa shape index (κ2) is 7.52. The molecular formula is C19H16N2O5. The number of benzene rings is 3. The first-order chi connectivity index (χ1) is 12.6. The van der Waals surface area contributed by atoms with Crippen LogP contribution in [0.25, 0.3) is 10.8 Å². The molecule has 0 atom stereocenters. The largest absolute Gasteiger partial charge is 0.494 e. The van der Waals surface area contributed by atoms with Gasteiger partial charge >= 0.3 is 0 Å². The second-order valence-electron chi connectivity index (χ2n) is 5.49. The smallest absolute Gasteiger partial charge is 0.273 e. The summed E-state index contributed by atoms with van der Waals surface area (Å²) >= 11 is 0. The summed E-state index contributed by atoms with van der Waals surface area (Å²) in [6.07, 6.45) is 0. The Balaban J connectivity index is 1.65. The molecule has 0 saturated carbocycles. The molecule has 132 valence electrons. The van der Waals surface area contributed by atoms with Crippen LogP contribution in [-0.4, -0.2) is 24.5 Å². The van der Waals surface area contributed by atoms with Crippen LogP contribution in [0.2, 0.25) is 0 Å². The van der Waals surface area contributed by atoms with Crippen LogP contribution in [0.4, 0.5) is 11.4 Å². The van der Waals surface area contributed by atoms with E-state index in [-0.39, 0.29) is 18.0 Å². The highest BCUT2D eigenvalue weighted by atomic mass is 16.6. The van der Waals surface area contributed by atoms with Crippen LogP contribution in [0.15, 0.2) is 60.7 Å². The number of nitro benzene ring substituents is 1. The van der Waals surface area contributed by atoms with Crippen molar-refractivity contribution in [2.75, 3.05) is 19.0 Å². The van der Waals surface area contributed by atoms with E-state index in [1.165, 1.54) is 25.3 Å². The molecule has 0 aliphatic carbocycles. The van der Waals surface area contributed by atoms with Crippen molar-refractivity contribution in [1.82, 2.24) is 0 Å². The van der Waals surface area contributed by atoms with Gasteiger partial charge in [0.2, 0.25) is 0 Å². The van der Waals surface area contributed by atoms with Gasteiger partial charge in [-0.2, -0.15) is 0 Å². The molecule has 0 bridgehead atoms. The van der Waals surface area contributed by atoms with Gasteiger partial charge < -0.3 is 14.8 Å². The third kappa shape index (κ3) is 3.89. The normalized spacial score (nSPS) is 10.3. The van der Waals surface area contributed by atoms with Gasteiger partial charge in [-0.25, -0.2) is 0 Å². The Bertz CT molecular complexity index is 971. The van der Waals surface area contributed by atoms with Crippen molar-refractivity contribution in [2.45, 2.75) is 0 Å². The number of fused-ring (bicyclic) bond motifs is 1. The zero-order valence-corrected chi connectivity index (χ0v) is 14.0. The van der Waals surface area contributed by atoms with Gasteiger partial charge in [-0.15, -0.1) is 0 Å². The number of nitrogens with zero attached hydrogens (tertiary/aromatic N) is 1. The van der Waals surface area contributed by atoms with Gasteiger partial charge in [0.25, 0.3) is 11.6 Å². The van der Waals surface area contributed by atoms with Crippen molar-refractivity contribution in [3.05, 3.63) is 70.8 Å². The zero-order valence-electron chi connectivity index (χ0n) is 14.0. The lowest BCUT2D eigenvalue weighted by Gasteiger charge is -2.11. The number of hydrogen-bond donors (Lipinski definition) is 1. The highest BCUT2D eigenvalue weighted by Crippen LogP contribution is 2.29. The van der Waals surface area contributed by atoms with Crippen molar-refractivity contribution < 1.29 is 19.2 Å². The van der Waals surface area contributed by atoms with Gasteiger partial charge in [-0.3, -0.25) is 14.9 Å². The fourth-order valence-electron chi connectivity index (χ4n) is 2.49. The van der Waals surface area contributed by atoms with Crippen molar-refractivity contribution >= 4 is 28.1 Å². The van der Waals surface area contributed by atoms with E-state index < -0.39 is 10.8 Å². The van der Waals surface area contributed by atoms with E-state index in [0.717, 1.165) is 10.8 Å². The van der Waals surface area contributed by atoms with Crippen molar-refractivity contribution in [1.29, 1.82) is 0 Å². The Hall–Kier alpha value is -3.61. The fraction of sp³-hybridized carbons (Fsp3) is 0.105. The maximum Gasteiger partial charge on any atom is 0.273 e. The van der Waals surface area contributed by atoms with E-state index >= 15 is 0 Å². The maximum atomic E-state index is 12.1. The highest BCUT2D eigenvalue weighted by molar-refractivity contribution is 5.93. The molecule has 3 aromatic carbocycles. The number of non-ortho nitro benzene ring substituents is 1. The van der Waals surface area contributed by atoms with Crippen LogP contribution in [-0.2, 0) is 4.79 Å². The van der Waals surface area contributed by atoms with Crippen LogP contribution >= 0.6 is 0 Å². The van der Waals surface area contributed by atoms with E-state index in [9.17, 15) is 14.9 Å².